The Morgan fingerprint density at radius 1 is 1.06 bits per heavy atom. The van der Waals surface area contributed by atoms with Crippen molar-refractivity contribution in [3.63, 3.8) is 0 Å². The number of benzene rings is 1. The highest BCUT2D eigenvalue weighted by molar-refractivity contribution is 14.1. The van der Waals surface area contributed by atoms with Crippen molar-refractivity contribution in [2.24, 2.45) is 0 Å². The van der Waals surface area contributed by atoms with Gasteiger partial charge in [0.2, 0.25) is 0 Å². The molecule has 86 valence electrons. The van der Waals surface area contributed by atoms with E-state index in [9.17, 15) is 5.11 Å². The average molecular weight is 329 g/mol. The molecule has 0 aromatic heterocycles. The number of aliphatic hydroxyl groups excluding tert-OH is 1. The van der Waals surface area contributed by atoms with Gasteiger partial charge in [0.05, 0.1) is 6.10 Å². The molecule has 1 aromatic carbocycles. The Balaban J connectivity index is 1.88. The number of piperidine rings is 1. The Morgan fingerprint density at radius 3 is 2.19 bits per heavy atom. The van der Waals surface area contributed by atoms with Crippen LogP contribution in [0.5, 0.6) is 0 Å². The van der Waals surface area contributed by atoms with Crippen LogP contribution in [-0.2, 0) is 0 Å². The Kier molecular flexibility index (Phi) is 2.83. The summed E-state index contributed by atoms with van der Waals surface area (Å²) in [6, 6.07) is 9.89. The number of fused-ring (bicyclic) bond motifs is 2. The van der Waals surface area contributed by atoms with E-state index in [0.29, 0.717) is 12.1 Å². The molecule has 2 atom stereocenters. The predicted molar refractivity (Wildman–Crippen MR) is 73.7 cm³/mol. The summed E-state index contributed by atoms with van der Waals surface area (Å²) in [6.45, 7) is 0. The fourth-order valence-electron chi connectivity index (χ4n) is 3.18. The predicted octanol–water partition coefficient (Wildman–Crippen LogP) is 2.78. The lowest BCUT2D eigenvalue weighted by Crippen LogP contribution is -2.44. The zero-order valence-electron chi connectivity index (χ0n) is 9.14. The van der Waals surface area contributed by atoms with Crippen LogP contribution in [0.2, 0.25) is 0 Å². The monoisotopic (exact) mass is 329 g/mol. The topological polar surface area (TPSA) is 23.5 Å². The molecule has 2 saturated heterocycles. The molecular weight excluding hydrogens is 313 g/mol. The molecule has 1 aromatic rings. The summed E-state index contributed by atoms with van der Waals surface area (Å²) in [5, 5.41) is 9.77. The van der Waals surface area contributed by atoms with Crippen molar-refractivity contribution in [3.8, 4) is 0 Å². The molecule has 0 amide bonds. The zero-order chi connectivity index (χ0) is 11.1. The molecule has 2 nitrogen and oxygen atoms in total. The lowest BCUT2D eigenvalue weighted by atomic mass is 9.99. The summed E-state index contributed by atoms with van der Waals surface area (Å²) < 4.78 is 1.28. The molecule has 0 spiro atoms. The van der Waals surface area contributed by atoms with Crippen LogP contribution in [0.3, 0.4) is 0 Å². The maximum Gasteiger partial charge on any atom is 0.0579 e. The number of hydrogen-bond donors (Lipinski definition) is 1. The quantitative estimate of drug-likeness (QED) is 0.801. The van der Waals surface area contributed by atoms with Crippen molar-refractivity contribution in [1.82, 2.24) is 0 Å². The van der Waals surface area contributed by atoms with Crippen molar-refractivity contribution in [2.75, 3.05) is 4.90 Å². The normalized spacial score (nSPS) is 33.1. The maximum atomic E-state index is 9.77. The van der Waals surface area contributed by atoms with Crippen molar-refractivity contribution < 1.29 is 5.11 Å². The van der Waals surface area contributed by atoms with E-state index in [-0.39, 0.29) is 6.10 Å². The molecule has 2 heterocycles. The van der Waals surface area contributed by atoms with Crippen LogP contribution in [0.4, 0.5) is 5.69 Å². The molecule has 2 unspecified atom stereocenters. The highest BCUT2D eigenvalue weighted by atomic mass is 127. The number of aliphatic hydroxyl groups is 1. The third-order valence-electron chi connectivity index (χ3n) is 3.83. The summed E-state index contributed by atoms with van der Waals surface area (Å²) in [4.78, 5) is 2.53. The molecule has 2 bridgehead atoms. The minimum absolute atomic E-state index is 0.0717. The Labute approximate surface area is 110 Å². The van der Waals surface area contributed by atoms with Crippen LogP contribution in [0.25, 0.3) is 0 Å². The standard InChI is InChI=1S/C13H16INO/c14-9-1-3-10(4-2-9)15-11-5-6-12(15)8-13(16)7-11/h1-4,11-13,16H,5-8H2. The van der Waals surface area contributed by atoms with E-state index in [1.807, 2.05) is 0 Å². The molecule has 2 aliphatic rings. The van der Waals surface area contributed by atoms with Crippen LogP contribution < -0.4 is 4.90 Å². The van der Waals surface area contributed by atoms with Gasteiger partial charge in [-0.05, 0) is 72.5 Å². The number of rotatable bonds is 1. The van der Waals surface area contributed by atoms with Gasteiger partial charge in [-0.15, -0.1) is 0 Å². The molecule has 2 fully saturated rings. The second-order valence-electron chi connectivity index (χ2n) is 4.89. The average Bonchev–Trinajstić information content (AvgIpc) is 2.54. The molecule has 2 aliphatic heterocycles. The molecule has 16 heavy (non-hydrogen) atoms. The fraction of sp³-hybridized carbons (Fsp3) is 0.538. The molecular formula is C13H16INO. The summed E-state index contributed by atoms with van der Waals surface area (Å²) in [6.07, 6.45) is 4.31. The minimum atomic E-state index is -0.0717. The van der Waals surface area contributed by atoms with Crippen molar-refractivity contribution in [1.29, 1.82) is 0 Å². The minimum Gasteiger partial charge on any atom is -0.393 e. The van der Waals surface area contributed by atoms with Gasteiger partial charge in [-0.3, -0.25) is 0 Å². The van der Waals surface area contributed by atoms with Crippen LogP contribution in [-0.4, -0.2) is 23.3 Å². The fourth-order valence-corrected chi connectivity index (χ4v) is 3.54. The summed E-state index contributed by atoms with van der Waals surface area (Å²) in [7, 11) is 0. The smallest absolute Gasteiger partial charge is 0.0579 e. The van der Waals surface area contributed by atoms with Gasteiger partial charge in [-0.2, -0.15) is 0 Å². The van der Waals surface area contributed by atoms with Gasteiger partial charge in [-0.25, -0.2) is 0 Å². The van der Waals surface area contributed by atoms with Gasteiger partial charge in [0.1, 0.15) is 0 Å². The lowest BCUT2D eigenvalue weighted by molar-refractivity contribution is 0.126. The zero-order valence-corrected chi connectivity index (χ0v) is 11.3. The second kappa shape index (κ2) is 4.18. The third-order valence-corrected chi connectivity index (χ3v) is 4.55. The summed E-state index contributed by atoms with van der Waals surface area (Å²) in [5.74, 6) is 0. The second-order valence-corrected chi connectivity index (χ2v) is 6.14. The van der Waals surface area contributed by atoms with E-state index in [0.717, 1.165) is 12.8 Å². The van der Waals surface area contributed by atoms with Gasteiger partial charge >= 0.3 is 0 Å². The Hall–Kier alpha value is -0.290. The number of halogens is 1. The number of hydrogen-bond acceptors (Lipinski definition) is 2. The first-order valence-corrected chi connectivity index (χ1v) is 7.04. The van der Waals surface area contributed by atoms with E-state index in [2.05, 4.69) is 51.8 Å². The van der Waals surface area contributed by atoms with Gasteiger partial charge in [-0.1, -0.05) is 0 Å². The maximum absolute atomic E-state index is 9.77. The summed E-state index contributed by atoms with van der Waals surface area (Å²) >= 11 is 2.34. The van der Waals surface area contributed by atoms with E-state index < -0.39 is 0 Å². The Morgan fingerprint density at radius 2 is 1.62 bits per heavy atom. The lowest BCUT2D eigenvalue weighted by Gasteiger charge is -2.39. The van der Waals surface area contributed by atoms with Gasteiger partial charge < -0.3 is 10.0 Å². The molecule has 0 saturated carbocycles. The number of anilines is 1. The van der Waals surface area contributed by atoms with Crippen LogP contribution >= 0.6 is 22.6 Å². The molecule has 1 N–H and O–H groups in total. The first-order chi connectivity index (χ1) is 7.74. The third kappa shape index (κ3) is 1.84. The SMILES string of the molecule is OC1CC2CCC(C1)N2c1ccc(I)cc1. The van der Waals surface area contributed by atoms with Crippen LogP contribution in [0.1, 0.15) is 25.7 Å². The molecule has 0 radical (unpaired) electrons. The van der Waals surface area contributed by atoms with Gasteiger partial charge in [0.25, 0.3) is 0 Å². The highest BCUT2D eigenvalue weighted by Crippen LogP contribution is 2.39. The van der Waals surface area contributed by atoms with E-state index >= 15 is 0 Å². The van der Waals surface area contributed by atoms with E-state index in [1.165, 1.54) is 22.1 Å². The first-order valence-electron chi connectivity index (χ1n) is 5.96. The van der Waals surface area contributed by atoms with E-state index in [1.54, 1.807) is 0 Å². The molecule has 0 aliphatic carbocycles. The number of nitrogens with zero attached hydrogens (tertiary/aromatic N) is 1. The van der Waals surface area contributed by atoms with Gasteiger partial charge in [0.15, 0.2) is 0 Å². The van der Waals surface area contributed by atoms with E-state index in [4.69, 9.17) is 0 Å². The van der Waals surface area contributed by atoms with Crippen molar-refractivity contribution >= 4 is 28.3 Å². The molecule has 3 rings (SSSR count). The van der Waals surface area contributed by atoms with Crippen molar-refractivity contribution in [2.45, 2.75) is 43.9 Å². The first kappa shape index (κ1) is 10.8. The van der Waals surface area contributed by atoms with Crippen LogP contribution in [0, 0.1) is 3.57 Å². The Bertz CT molecular complexity index is 364. The highest BCUT2D eigenvalue weighted by Gasteiger charge is 2.39. The van der Waals surface area contributed by atoms with Gasteiger partial charge in [0, 0.05) is 21.3 Å². The summed E-state index contributed by atoms with van der Waals surface area (Å²) in [5.41, 5.74) is 1.33. The van der Waals surface area contributed by atoms with Crippen molar-refractivity contribution in [3.05, 3.63) is 27.8 Å². The molecule has 3 heteroatoms. The van der Waals surface area contributed by atoms with Crippen LogP contribution in [0.15, 0.2) is 24.3 Å². The largest absolute Gasteiger partial charge is 0.393 e.